The van der Waals surface area contributed by atoms with Gasteiger partial charge in [-0.3, -0.25) is 9.97 Å². The maximum atomic E-state index is 4.50. The van der Waals surface area contributed by atoms with Gasteiger partial charge in [-0.05, 0) is 60.0 Å². The maximum absolute atomic E-state index is 4.50. The van der Waals surface area contributed by atoms with E-state index in [0.717, 1.165) is 26.4 Å². The van der Waals surface area contributed by atoms with Crippen molar-refractivity contribution < 1.29 is 0 Å². The molecule has 0 atom stereocenters. The first-order valence-electron chi connectivity index (χ1n) is 6.96. The second-order valence-electron chi connectivity index (χ2n) is 5.23. The molecule has 1 aliphatic rings. The summed E-state index contributed by atoms with van der Waals surface area (Å²) in [5, 5.41) is 4.50. The van der Waals surface area contributed by atoms with E-state index in [0.29, 0.717) is 6.04 Å². The summed E-state index contributed by atoms with van der Waals surface area (Å²) < 4.78 is 0.968. The van der Waals surface area contributed by atoms with Crippen molar-refractivity contribution in [1.82, 2.24) is 9.97 Å². The van der Waals surface area contributed by atoms with Gasteiger partial charge in [0.15, 0.2) is 0 Å². The van der Waals surface area contributed by atoms with Crippen LogP contribution in [0.25, 0.3) is 11.0 Å². The van der Waals surface area contributed by atoms with Gasteiger partial charge in [0, 0.05) is 28.2 Å². The highest BCUT2D eigenvalue weighted by molar-refractivity contribution is 9.10. The summed E-state index contributed by atoms with van der Waals surface area (Å²) in [6, 6.07) is 4.61. The zero-order valence-corrected chi connectivity index (χ0v) is 13.9. The van der Waals surface area contributed by atoms with Crippen molar-refractivity contribution in [2.45, 2.75) is 37.0 Å². The fourth-order valence-electron chi connectivity index (χ4n) is 2.78. The van der Waals surface area contributed by atoms with E-state index in [-0.39, 0.29) is 0 Å². The number of hydrogen-bond donors (Lipinski definition) is 1. The molecule has 1 saturated carbocycles. The Balaban J connectivity index is 1.78. The van der Waals surface area contributed by atoms with Gasteiger partial charge >= 0.3 is 0 Å². The molecule has 106 valence electrons. The molecule has 0 aromatic carbocycles. The van der Waals surface area contributed by atoms with Crippen LogP contribution >= 0.6 is 27.7 Å². The molecule has 0 aliphatic heterocycles. The molecule has 0 saturated heterocycles. The molecule has 5 heteroatoms. The minimum Gasteiger partial charge on any atom is -0.380 e. The molecule has 0 bridgehead atoms. The van der Waals surface area contributed by atoms with Gasteiger partial charge in [-0.1, -0.05) is 0 Å². The molecule has 2 aromatic heterocycles. The van der Waals surface area contributed by atoms with E-state index >= 15 is 0 Å². The number of rotatable bonds is 3. The summed E-state index contributed by atoms with van der Waals surface area (Å²) in [4.78, 5) is 8.89. The Hall–Kier alpha value is -0.810. The van der Waals surface area contributed by atoms with Gasteiger partial charge in [0.25, 0.3) is 0 Å². The van der Waals surface area contributed by atoms with Crippen molar-refractivity contribution >= 4 is 44.4 Å². The first-order valence-corrected chi connectivity index (χ1v) is 9.04. The van der Waals surface area contributed by atoms with Crippen LogP contribution < -0.4 is 5.32 Å². The lowest BCUT2D eigenvalue weighted by molar-refractivity contribution is 0.473. The summed E-state index contributed by atoms with van der Waals surface area (Å²) in [7, 11) is 0. The minimum absolute atomic E-state index is 0.564. The third-order valence-electron chi connectivity index (χ3n) is 3.91. The Bertz CT molecular complexity index is 597. The first-order chi connectivity index (χ1) is 9.76. The number of fused-ring (bicyclic) bond motifs is 1. The normalized spacial score (nSPS) is 22.9. The van der Waals surface area contributed by atoms with Gasteiger partial charge in [0.2, 0.25) is 0 Å². The average molecular weight is 352 g/mol. The zero-order chi connectivity index (χ0) is 13.9. The lowest BCUT2D eigenvalue weighted by Gasteiger charge is -2.28. The predicted molar refractivity (Wildman–Crippen MR) is 90.4 cm³/mol. The average Bonchev–Trinajstić information content (AvgIpc) is 2.48. The van der Waals surface area contributed by atoms with E-state index < -0.39 is 0 Å². The summed E-state index contributed by atoms with van der Waals surface area (Å²) in [6.07, 6.45) is 11.0. The standard InChI is InChI=1S/C15H18BrN3S/c1-20-12-4-2-11(3-5-12)19-13-6-7-17-14-8-10(16)9-18-15(13)14/h6-9,11-12H,2-5H2,1H3,(H,17,19). The van der Waals surface area contributed by atoms with Crippen molar-refractivity contribution in [3.8, 4) is 0 Å². The van der Waals surface area contributed by atoms with Crippen LogP contribution in [-0.4, -0.2) is 27.5 Å². The van der Waals surface area contributed by atoms with Crippen molar-refractivity contribution in [1.29, 1.82) is 0 Å². The van der Waals surface area contributed by atoms with E-state index in [2.05, 4.69) is 37.5 Å². The molecular weight excluding hydrogens is 334 g/mol. The summed E-state index contributed by atoms with van der Waals surface area (Å²) in [5.74, 6) is 0. The van der Waals surface area contributed by atoms with Crippen LogP contribution in [0.5, 0.6) is 0 Å². The molecule has 20 heavy (non-hydrogen) atoms. The number of halogens is 1. The van der Waals surface area contributed by atoms with Crippen molar-refractivity contribution in [2.24, 2.45) is 0 Å². The molecule has 0 unspecified atom stereocenters. The number of nitrogens with zero attached hydrogens (tertiary/aromatic N) is 2. The van der Waals surface area contributed by atoms with Crippen LogP contribution in [0.1, 0.15) is 25.7 Å². The second-order valence-corrected chi connectivity index (χ2v) is 7.29. The number of thioether (sulfide) groups is 1. The molecular formula is C15H18BrN3S. The Labute approximate surface area is 132 Å². The number of nitrogens with one attached hydrogen (secondary N) is 1. The Morgan fingerprint density at radius 1 is 1.25 bits per heavy atom. The van der Waals surface area contributed by atoms with E-state index in [9.17, 15) is 0 Å². The highest BCUT2D eigenvalue weighted by atomic mass is 79.9. The van der Waals surface area contributed by atoms with Crippen LogP contribution in [0.4, 0.5) is 5.69 Å². The first kappa shape index (κ1) is 14.1. The quantitative estimate of drug-likeness (QED) is 0.884. The van der Waals surface area contributed by atoms with Gasteiger partial charge in [-0.15, -0.1) is 0 Å². The summed E-state index contributed by atoms with van der Waals surface area (Å²) >= 11 is 5.45. The Morgan fingerprint density at radius 2 is 2.05 bits per heavy atom. The highest BCUT2D eigenvalue weighted by Gasteiger charge is 2.20. The van der Waals surface area contributed by atoms with Gasteiger partial charge in [-0.2, -0.15) is 11.8 Å². The molecule has 1 N–H and O–H groups in total. The molecule has 3 rings (SSSR count). The van der Waals surface area contributed by atoms with Crippen molar-refractivity contribution in [3.63, 3.8) is 0 Å². The highest BCUT2D eigenvalue weighted by Crippen LogP contribution is 2.30. The fraction of sp³-hybridized carbons (Fsp3) is 0.467. The lowest BCUT2D eigenvalue weighted by Crippen LogP contribution is -2.27. The molecule has 0 radical (unpaired) electrons. The predicted octanol–water partition coefficient (Wildman–Crippen LogP) is 4.48. The van der Waals surface area contributed by atoms with Crippen molar-refractivity contribution in [3.05, 3.63) is 29.0 Å². The smallest absolute Gasteiger partial charge is 0.112 e. The zero-order valence-electron chi connectivity index (χ0n) is 11.5. The Morgan fingerprint density at radius 3 is 2.80 bits per heavy atom. The van der Waals surface area contributed by atoms with Crippen LogP contribution in [-0.2, 0) is 0 Å². The fourth-order valence-corrected chi connectivity index (χ4v) is 3.85. The molecule has 1 fully saturated rings. The third kappa shape index (κ3) is 3.09. The topological polar surface area (TPSA) is 37.8 Å². The van der Waals surface area contributed by atoms with Gasteiger partial charge in [0.1, 0.15) is 5.52 Å². The van der Waals surface area contributed by atoms with E-state index in [4.69, 9.17) is 0 Å². The van der Waals surface area contributed by atoms with Gasteiger partial charge in [-0.25, -0.2) is 0 Å². The lowest BCUT2D eigenvalue weighted by atomic mass is 9.95. The van der Waals surface area contributed by atoms with Gasteiger partial charge < -0.3 is 5.32 Å². The summed E-state index contributed by atoms with van der Waals surface area (Å²) in [6.45, 7) is 0. The SMILES string of the molecule is CSC1CCC(Nc2ccnc3cc(Br)cnc23)CC1. The number of aromatic nitrogens is 2. The summed E-state index contributed by atoms with van der Waals surface area (Å²) in [5.41, 5.74) is 3.00. The number of anilines is 1. The molecule has 2 aromatic rings. The second kappa shape index (κ2) is 6.31. The Kier molecular flexibility index (Phi) is 4.46. The third-order valence-corrected chi connectivity index (χ3v) is 5.48. The monoisotopic (exact) mass is 351 g/mol. The van der Waals surface area contributed by atoms with Gasteiger partial charge in [0.05, 0.1) is 11.2 Å². The molecule has 1 aliphatic carbocycles. The van der Waals surface area contributed by atoms with Crippen LogP contribution in [0.3, 0.4) is 0 Å². The maximum Gasteiger partial charge on any atom is 0.112 e. The van der Waals surface area contributed by atoms with Crippen molar-refractivity contribution in [2.75, 3.05) is 11.6 Å². The number of hydrogen-bond acceptors (Lipinski definition) is 4. The van der Waals surface area contributed by atoms with Crippen LogP contribution in [0.2, 0.25) is 0 Å². The molecule has 2 heterocycles. The number of pyridine rings is 2. The van der Waals surface area contributed by atoms with E-state index in [1.807, 2.05) is 36.3 Å². The van der Waals surface area contributed by atoms with Crippen LogP contribution in [0, 0.1) is 0 Å². The largest absolute Gasteiger partial charge is 0.380 e. The van der Waals surface area contributed by atoms with E-state index in [1.54, 1.807) is 0 Å². The molecule has 3 nitrogen and oxygen atoms in total. The van der Waals surface area contributed by atoms with E-state index in [1.165, 1.54) is 25.7 Å². The minimum atomic E-state index is 0.564. The molecule has 0 spiro atoms. The van der Waals surface area contributed by atoms with Crippen LogP contribution in [0.15, 0.2) is 29.0 Å². The molecule has 0 amide bonds.